The van der Waals surface area contributed by atoms with E-state index in [0.717, 1.165) is 0 Å². The predicted octanol–water partition coefficient (Wildman–Crippen LogP) is 2.45. The predicted molar refractivity (Wildman–Crippen MR) is 82.8 cm³/mol. The lowest BCUT2D eigenvalue weighted by Gasteiger charge is -2.13. The van der Waals surface area contributed by atoms with Crippen molar-refractivity contribution < 1.29 is 19.4 Å². The van der Waals surface area contributed by atoms with Gasteiger partial charge in [0, 0.05) is 5.69 Å². The molecular weight excluding hydrogens is 296 g/mol. The summed E-state index contributed by atoms with van der Waals surface area (Å²) in [6.45, 7) is 1.43. The number of carbonyl (C=O) groups is 2. The normalized spacial score (nSPS) is 11.1. The van der Waals surface area contributed by atoms with Crippen LogP contribution in [0.1, 0.15) is 22.8 Å². The fourth-order valence-corrected chi connectivity index (χ4v) is 1.83. The van der Waals surface area contributed by atoms with E-state index in [2.05, 4.69) is 5.32 Å². The lowest BCUT2D eigenvalue weighted by Crippen LogP contribution is -2.30. The van der Waals surface area contributed by atoms with Gasteiger partial charge in [0.25, 0.3) is 5.91 Å². The Kier molecular flexibility index (Phi) is 4.95. The van der Waals surface area contributed by atoms with E-state index in [1.54, 1.807) is 18.2 Å². The second kappa shape index (κ2) is 7.09. The summed E-state index contributed by atoms with van der Waals surface area (Å²) in [5.74, 6) is -1.30. The zero-order valence-electron chi connectivity index (χ0n) is 12.3. The number of hydrogen-bond donors (Lipinski definition) is 2. The number of benzene rings is 2. The third-order valence-electron chi connectivity index (χ3n) is 2.99. The van der Waals surface area contributed by atoms with Crippen LogP contribution in [0.5, 0.6) is 5.75 Å². The molecule has 0 saturated carbocycles. The van der Waals surface area contributed by atoms with Crippen LogP contribution in [0.3, 0.4) is 0 Å². The maximum absolute atomic E-state index is 12.0. The van der Waals surface area contributed by atoms with Crippen molar-refractivity contribution in [3.05, 3.63) is 59.7 Å². The van der Waals surface area contributed by atoms with Crippen molar-refractivity contribution >= 4 is 17.6 Å². The molecule has 6 heteroatoms. The van der Waals surface area contributed by atoms with Gasteiger partial charge in [-0.15, -0.1) is 0 Å². The second-order valence-electron chi connectivity index (χ2n) is 4.78. The molecule has 1 amide bonds. The number of carbonyl (C=O) groups excluding carboxylic acids is 2. The molecule has 0 heterocycles. The molecular formula is C17H14N2O4. The lowest BCUT2D eigenvalue weighted by molar-refractivity contribution is -0.123. The first-order chi connectivity index (χ1) is 11.0. The molecule has 0 bridgehead atoms. The number of nitrogens with zero attached hydrogens (tertiary/aromatic N) is 1. The van der Waals surface area contributed by atoms with Crippen LogP contribution in [0, 0.1) is 11.3 Å². The number of amides is 1. The molecule has 2 aromatic rings. The highest BCUT2D eigenvalue weighted by atomic mass is 16.5. The van der Waals surface area contributed by atoms with Crippen molar-refractivity contribution in [2.75, 3.05) is 5.32 Å². The van der Waals surface area contributed by atoms with Crippen LogP contribution in [-0.2, 0) is 9.53 Å². The highest BCUT2D eigenvalue weighted by Crippen LogP contribution is 2.14. The Morgan fingerprint density at radius 1 is 1.22 bits per heavy atom. The summed E-state index contributed by atoms with van der Waals surface area (Å²) >= 11 is 0. The topological polar surface area (TPSA) is 99.4 Å². The molecule has 0 spiro atoms. The standard InChI is InChI=1S/C17H14N2O4/c1-11(23-17(22)13-5-3-7-15(20)9-13)16(21)19-14-6-2-4-12(8-14)10-18/h2-9,11,20H,1H3,(H,19,21). The summed E-state index contributed by atoms with van der Waals surface area (Å²) in [7, 11) is 0. The van der Waals surface area contributed by atoms with Crippen molar-refractivity contribution in [1.29, 1.82) is 5.26 Å². The molecule has 23 heavy (non-hydrogen) atoms. The van der Waals surface area contributed by atoms with E-state index >= 15 is 0 Å². The fourth-order valence-electron chi connectivity index (χ4n) is 1.83. The van der Waals surface area contributed by atoms with Gasteiger partial charge in [-0.2, -0.15) is 5.26 Å². The Bertz CT molecular complexity index is 780. The molecule has 1 atom stereocenters. The zero-order valence-corrected chi connectivity index (χ0v) is 12.3. The molecule has 0 saturated heterocycles. The number of phenolic OH excluding ortho intramolecular Hbond substituents is 1. The lowest BCUT2D eigenvalue weighted by atomic mass is 10.2. The highest BCUT2D eigenvalue weighted by Gasteiger charge is 2.19. The van der Waals surface area contributed by atoms with Gasteiger partial charge in [-0.05, 0) is 43.3 Å². The van der Waals surface area contributed by atoms with Gasteiger partial charge in [0.1, 0.15) is 5.75 Å². The summed E-state index contributed by atoms with van der Waals surface area (Å²) in [5, 5.41) is 20.7. The number of rotatable bonds is 4. The molecule has 116 valence electrons. The maximum atomic E-state index is 12.0. The number of aromatic hydroxyl groups is 1. The zero-order chi connectivity index (χ0) is 16.8. The Labute approximate surface area is 132 Å². The van der Waals surface area contributed by atoms with Gasteiger partial charge < -0.3 is 15.2 Å². The fraction of sp³-hybridized carbons (Fsp3) is 0.118. The smallest absolute Gasteiger partial charge is 0.339 e. The largest absolute Gasteiger partial charge is 0.508 e. The van der Waals surface area contributed by atoms with E-state index < -0.39 is 18.0 Å². The minimum absolute atomic E-state index is 0.0649. The van der Waals surface area contributed by atoms with E-state index in [-0.39, 0.29) is 11.3 Å². The van der Waals surface area contributed by atoms with Gasteiger partial charge in [0.2, 0.25) is 0 Å². The van der Waals surface area contributed by atoms with Crippen molar-refractivity contribution in [3.8, 4) is 11.8 Å². The van der Waals surface area contributed by atoms with Gasteiger partial charge in [0.05, 0.1) is 17.2 Å². The number of hydrogen-bond acceptors (Lipinski definition) is 5. The van der Waals surface area contributed by atoms with E-state index in [0.29, 0.717) is 11.3 Å². The van der Waals surface area contributed by atoms with Gasteiger partial charge >= 0.3 is 5.97 Å². The number of nitrogens with one attached hydrogen (secondary N) is 1. The summed E-state index contributed by atoms with van der Waals surface area (Å²) in [4.78, 5) is 23.9. The van der Waals surface area contributed by atoms with Crippen molar-refractivity contribution in [3.63, 3.8) is 0 Å². The first kappa shape index (κ1) is 16.0. The number of esters is 1. The minimum Gasteiger partial charge on any atom is -0.508 e. The van der Waals surface area contributed by atoms with E-state index in [9.17, 15) is 14.7 Å². The molecule has 1 unspecified atom stereocenters. The molecule has 0 fully saturated rings. The maximum Gasteiger partial charge on any atom is 0.339 e. The van der Waals surface area contributed by atoms with Crippen LogP contribution in [0.4, 0.5) is 5.69 Å². The van der Waals surface area contributed by atoms with Crippen molar-refractivity contribution in [1.82, 2.24) is 0 Å². The summed E-state index contributed by atoms with van der Waals surface area (Å²) in [6.07, 6.45) is -1.03. The molecule has 6 nitrogen and oxygen atoms in total. The average molecular weight is 310 g/mol. The van der Waals surface area contributed by atoms with Crippen LogP contribution >= 0.6 is 0 Å². The number of nitriles is 1. The highest BCUT2D eigenvalue weighted by molar-refractivity contribution is 5.97. The van der Waals surface area contributed by atoms with Gasteiger partial charge in [-0.3, -0.25) is 4.79 Å². The van der Waals surface area contributed by atoms with Crippen LogP contribution in [0.15, 0.2) is 48.5 Å². The number of ether oxygens (including phenoxy) is 1. The summed E-state index contributed by atoms with van der Waals surface area (Å²) in [5.41, 5.74) is 0.998. The Morgan fingerprint density at radius 3 is 2.65 bits per heavy atom. The molecule has 0 aliphatic heterocycles. The monoisotopic (exact) mass is 310 g/mol. The van der Waals surface area contributed by atoms with Crippen LogP contribution in [0.25, 0.3) is 0 Å². The molecule has 0 aromatic heterocycles. The van der Waals surface area contributed by atoms with Crippen molar-refractivity contribution in [2.45, 2.75) is 13.0 Å². The third kappa shape index (κ3) is 4.32. The van der Waals surface area contributed by atoms with Gasteiger partial charge in [-0.25, -0.2) is 4.79 Å². The molecule has 0 radical (unpaired) electrons. The SMILES string of the molecule is CC(OC(=O)c1cccc(O)c1)C(=O)Nc1cccc(C#N)c1. The van der Waals surface area contributed by atoms with Crippen LogP contribution < -0.4 is 5.32 Å². The number of phenols is 1. The molecule has 2 aromatic carbocycles. The molecule has 2 N–H and O–H groups in total. The van der Waals surface area contributed by atoms with Gasteiger partial charge in [0.15, 0.2) is 6.10 Å². The van der Waals surface area contributed by atoms with Crippen molar-refractivity contribution in [2.24, 2.45) is 0 Å². The first-order valence-corrected chi connectivity index (χ1v) is 6.80. The summed E-state index contributed by atoms with van der Waals surface area (Å²) in [6, 6.07) is 14.0. The Morgan fingerprint density at radius 2 is 1.96 bits per heavy atom. The van der Waals surface area contributed by atoms with E-state index in [1.165, 1.54) is 37.3 Å². The van der Waals surface area contributed by atoms with Crippen LogP contribution in [0.2, 0.25) is 0 Å². The molecule has 0 aliphatic carbocycles. The average Bonchev–Trinajstić information content (AvgIpc) is 2.54. The minimum atomic E-state index is -1.03. The Hall–Kier alpha value is -3.33. The first-order valence-electron chi connectivity index (χ1n) is 6.80. The van der Waals surface area contributed by atoms with Crippen LogP contribution in [-0.4, -0.2) is 23.1 Å². The second-order valence-corrected chi connectivity index (χ2v) is 4.78. The van der Waals surface area contributed by atoms with Gasteiger partial charge in [-0.1, -0.05) is 12.1 Å². The summed E-state index contributed by atoms with van der Waals surface area (Å²) < 4.78 is 5.05. The van der Waals surface area contributed by atoms with E-state index in [4.69, 9.17) is 10.00 Å². The quantitative estimate of drug-likeness (QED) is 0.845. The Balaban J connectivity index is 1.99. The number of anilines is 1. The molecule has 0 aliphatic rings. The third-order valence-corrected chi connectivity index (χ3v) is 2.99. The molecule has 2 rings (SSSR count). The van der Waals surface area contributed by atoms with E-state index in [1.807, 2.05) is 6.07 Å².